The average Bonchev–Trinajstić information content (AvgIpc) is 3.13. The first-order valence-corrected chi connectivity index (χ1v) is 11.9. The van der Waals surface area contributed by atoms with Gasteiger partial charge in [-0.25, -0.2) is 4.79 Å². The predicted molar refractivity (Wildman–Crippen MR) is 134 cm³/mol. The number of anilines is 2. The number of aromatic nitrogens is 2. The molecule has 2 heterocycles. The molecule has 3 rings (SSSR count). The Morgan fingerprint density at radius 2 is 1.88 bits per heavy atom. The normalized spacial score (nSPS) is 11.2. The number of unbranched alkanes of at least 4 members (excludes halogenated alkanes) is 3. The summed E-state index contributed by atoms with van der Waals surface area (Å²) in [5, 5.41) is 0.762. The third-order valence-corrected chi connectivity index (χ3v) is 5.86. The molecule has 0 bridgehead atoms. The highest BCUT2D eigenvalue weighted by Gasteiger charge is 2.29. The first-order chi connectivity index (χ1) is 16.3. The summed E-state index contributed by atoms with van der Waals surface area (Å²) < 4.78 is 12.8. The number of nitrogen functional groups attached to an aromatic ring is 1. The minimum absolute atomic E-state index is 0.0144. The number of H-pyrrole nitrogens is 1. The molecule has 1 amide bonds. The monoisotopic (exact) mass is 470 g/mol. The van der Waals surface area contributed by atoms with Gasteiger partial charge in [0.2, 0.25) is 0 Å². The molecule has 2 aromatic heterocycles. The van der Waals surface area contributed by atoms with Crippen LogP contribution in [0.25, 0.3) is 11.0 Å². The Morgan fingerprint density at radius 3 is 2.56 bits per heavy atom. The minimum Gasteiger partial charge on any atom is -0.494 e. The second-order valence-electron chi connectivity index (χ2n) is 8.31. The van der Waals surface area contributed by atoms with Gasteiger partial charge < -0.3 is 14.9 Å². The van der Waals surface area contributed by atoms with Crippen molar-refractivity contribution in [2.24, 2.45) is 0 Å². The van der Waals surface area contributed by atoms with Crippen molar-refractivity contribution in [1.82, 2.24) is 9.55 Å². The van der Waals surface area contributed by atoms with Gasteiger partial charge in [0.1, 0.15) is 17.2 Å². The third kappa shape index (κ3) is 5.03. The van der Waals surface area contributed by atoms with E-state index in [1.807, 2.05) is 19.9 Å². The number of furan rings is 1. The van der Waals surface area contributed by atoms with Crippen LogP contribution in [0.3, 0.4) is 0 Å². The van der Waals surface area contributed by atoms with E-state index in [1.165, 1.54) is 9.47 Å². The summed E-state index contributed by atoms with van der Waals surface area (Å²) in [4.78, 5) is 42.7. The number of benzene rings is 1. The fraction of sp³-hybridized carbons (Fsp3) is 0.480. The van der Waals surface area contributed by atoms with Gasteiger partial charge in [0.15, 0.2) is 11.4 Å². The molecule has 0 spiro atoms. The number of hydrogen-bond donors (Lipinski definition) is 2. The summed E-state index contributed by atoms with van der Waals surface area (Å²) in [5.74, 6) is 0.326. The van der Waals surface area contributed by atoms with E-state index in [0.717, 1.165) is 24.6 Å². The molecule has 9 heteroatoms. The van der Waals surface area contributed by atoms with Crippen molar-refractivity contribution < 1.29 is 13.9 Å². The fourth-order valence-corrected chi connectivity index (χ4v) is 3.99. The Hall–Kier alpha value is -3.49. The molecule has 0 atom stereocenters. The van der Waals surface area contributed by atoms with Gasteiger partial charge in [-0.2, -0.15) is 0 Å². The van der Waals surface area contributed by atoms with E-state index < -0.39 is 17.2 Å². The zero-order chi connectivity index (χ0) is 24.8. The molecule has 0 radical (unpaired) electrons. The van der Waals surface area contributed by atoms with Gasteiger partial charge in [0.05, 0.1) is 6.61 Å². The maximum absolute atomic E-state index is 13.8. The molecular formula is C25H34N4O5. The number of fused-ring (bicyclic) bond motifs is 1. The zero-order valence-corrected chi connectivity index (χ0v) is 20.4. The minimum atomic E-state index is -0.688. The lowest BCUT2D eigenvalue weighted by Gasteiger charge is -2.24. The highest BCUT2D eigenvalue weighted by atomic mass is 16.5. The number of rotatable bonds is 11. The van der Waals surface area contributed by atoms with Gasteiger partial charge in [-0.05, 0) is 44.9 Å². The van der Waals surface area contributed by atoms with Gasteiger partial charge in [-0.15, -0.1) is 0 Å². The molecule has 3 aromatic rings. The maximum atomic E-state index is 13.8. The Bertz CT molecular complexity index is 1270. The van der Waals surface area contributed by atoms with Crippen molar-refractivity contribution in [1.29, 1.82) is 0 Å². The van der Waals surface area contributed by atoms with E-state index in [2.05, 4.69) is 11.9 Å². The second kappa shape index (κ2) is 11.1. The lowest BCUT2D eigenvalue weighted by molar-refractivity contribution is 0.0960. The predicted octanol–water partition coefficient (Wildman–Crippen LogP) is 4.21. The van der Waals surface area contributed by atoms with Crippen LogP contribution in [0.15, 0.2) is 32.2 Å². The Kier molecular flexibility index (Phi) is 8.20. The van der Waals surface area contributed by atoms with E-state index >= 15 is 0 Å². The van der Waals surface area contributed by atoms with E-state index in [-0.39, 0.29) is 23.8 Å². The van der Waals surface area contributed by atoms with Gasteiger partial charge in [0, 0.05) is 24.0 Å². The number of hydrogen-bond acceptors (Lipinski definition) is 6. The smallest absolute Gasteiger partial charge is 0.330 e. The molecule has 0 saturated heterocycles. The number of nitrogens with zero attached hydrogens (tertiary/aromatic N) is 2. The SMILES string of the molecule is CCCCCN(C(=O)c1oc2ccc(OCC)cc2c1C)c1c(N)n(CCCC)c(=O)[nH]c1=O. The quantitative estimate of drug-likeness (QED) is 0.405. The summed E-state index contributed by atoms with van der Waals surface area (Å²) >= 11 is 0. The summed E-state index contributed by atoms with van der Waals surface area (Å²) in [7, 11) is 0. The van der Waals surface area contributed by atoms with Crippen molar-refractivity contribution in [3.05, 3.63) is 50.4 Å². The number of amides is 1. The maximum Gasteiger partial charge on any atom is 0.330 e. The van der Waals surface area contributed by atoms with Gasteiger partial charge >= 0.3 is 5.69 Å². The van der Waals surface area contributed by atoms with Crippen molar-refractivity contribution >= 4 is 28.4 Å². The van der Waals surface area contributed by atoms with Gasteiger partial charge in [-0.1, -0.05) is 33.1 Å². The van der Waals surface area contributed by atoms with Crippen molar-refractivity contribution in [2.45, 2.75) is 66.3 Å². The topological polar surface area (TPSA) is 124 Å². The molecule has 0 unspecified atom stereocenters. The molecule has 0 aliphatic rings. The van der Waals surface area contributed by atoms with Crippen LogP contribution in [0.1, 0.15) is 69.0 Å². The summed E-state index contributed by atoms with van der Waals surface area (Å²) in [6.45, 7) is 8.90. The second-order valence-corrected chi connectivity index (χ2v) is 8.31. The van der Waals surface area contributed by atoms with Crippen LogP contribution in [-0.2, 0) is 6.54 Å². The summed E-state index contributed by atoms with van der Waals surface area (Å²) in [5.41, 5.74) is 6.22. The van der Waals surface area contributed by atoms with Crippen LogP contribution in [-0.4, -0.2) is 28.6 Å². The van der Waals surface area contributed by atoms with Crippen molar-refractivity contribution in [3.63, 3.8) is 0 Å². The Labute approximate surface area is 198 Å². The summed E-state index contributed by atoms with van der Waals surface area (Å²) in [6, 6.07) is 5.38. The Morgan fingerprint density at radius 1 is 1.15 bits per heavy atom. The highest BCUT2D eigenvalue weighted by molar-refractivity contribution is 6.09. The van der Waals surface area contributed by atoms with Crippen LogP contribution < -0.4 is 26.6 Å². The molecule has 184 valence electrons. The molecule has 9 nitrogen and oxygen atoms in total. The zero-order valence-electron chi connectivity index (χ0n) is 20.4. The number of nitrogens with one attached hydrogen (secondary N) is 1. The molecule has 0 saturated carbocycles. The van der Waals surface area contributed by atoms with Crippen molar-refractivity contribution in [3.8, 4) is 5.75 Å². The highest BCUT2D eigenvalue weighted by Crippen LogP contribution is 2.31. The number of carbonyl (C=O) groups excluding carboxylic acids is 1. The molecule has 0 fully saturated rings. The van der Waals surface area contributed by atoms with E-state index in [1.54, 1.807) is 19.1 Å². The van der Waals surface area contributed by atoms with E-state index in [4.69, 9.17) is 14.9 Å². The average molecular weight is 471 g/mol. The molecule has 3 N–H and O–H groups in total. The lowest BCUT2D eigenvalue weighted by Crippen LogP contribution is -2.41. The van der Waals surface area contributed by atoms with Crippen LogP contribution in [0.2, 0.25) is 0 Å². The number of aromatic amines is 1. The number of carbonyl (C=O) groups is 1. The first-order valence-electron chi connectivity index (χ1n) is 11.9. The van der Waals surface area contributed by atoms with Crippen LogP contribution in [0, 0.1) is 6.92 Å². The molecular weight excluding hydrogens is 436 g/mol. The fourth-order valence-electron chi connectivity index (χ4n) is 3.99. The van der Waals surface area contributed by atoms with Crippen molar-refractivity contribution in [2.75, 3.05) is 23.8 Å². The molecule has 0 aliphatic heterocycles. The van der Waals surface area contributed by atoms with E-state index in [9.17, 15) is 14.4 Å². The third-order valence-electron chi connectivity index (χ3n) is 5.86. The van der Waals surface area contributed by atoms with E-state index in [0.29, 0.717) is 42.9 Å². The molecule has 0 aliphatic carbocycles. The van der Waals surface area contributed by atoms with Crippen LogP contribution in [0.4, 0.5) is 11.5 Å². The number of ether oxygens (including phenoxy) is 1. The number of nitrogens with two attached hydrogens (primary N) is 1. The van der Waals surface area contributed by atoms with Gasteiger partial charge in [-0.3, -0.25) is 24.0 Å². The van der Waals surface area contributed by atoms with Crippen LogP contribution in [0.5, 0.6) is 5.75 Å². The molecule has 1 aromatic carbocycles. The summed E-state index contributed by atoms with van der Waals surface area (Å²) in [6.07, 6.45) is 4.04. The van der Waals surface area contributed by atoms with Crippen LogP contribution >= 0.6 is 0 Å². The largest absolute Gasteiger partial charge is 0.494 e. The first kappa shape index (κ1) is 25.1. The van der Waals surface area contributed by atoms with Gasteiger partial charge in [0.25, 0.3) is 11.5 Å². The lowest BCUT2D eigenvalue weighted by atomic mass is 10.1. The number of aryl methyl sites for hydroxylation is 1. The standard InChI is InChI=1S/C25H34N4O5/c1-5-8-10-14-28(20-22(26)29(13-9-6-2)25(32)27-23(20)30)24(31)21-16(4)18-15-17(33-7-3)11-12-19(18)34-21/h11-12,15H,5-10,13-14,26H2,1-4H3,(H,27,30,32). The Balaban J connectivity index is 2.12. The molecule has 34 heavy (non-hydrogen) atoms.